The van der Waals surface area contributed by atoms with E-state index >= 15 is 0 Å². The van der Waals surface area contributed by atoms with E-state index in [1.807, 2.05) is 0 Å². The number of hydrogen-bond donors (Lipinski definition) is 0. The Bertz CT molecular complexity index is 905. The molecule has 0 heterocycles. The van der Waals surface area contributed by atoms with E-state index in [2.05, 4.69) is 84.0 Å². The maximum atomic E-state index is 3.55. The third kappa shape index (κ3) is 4.62. The molecule has 0 saturated heterocycles. The third-order valence-electron chi connectivity index (χ3n) is 6.38. The molecule has 4 rings (SSSR count). The van der Waals surface area contributed by atoms with E-state index in [1.165, 1.54) is 74.6 Å². The maximum Gasteiger partial charge on any atom is 0 e. The van der Waals surface area contributed by atoms with Gasteiger partial charge >= 0.3 is 0 Å². The summed E-state index contributed by atoms with van der Waals surface area (Å²) in [6.07, 6.45) is 8.26. The third-order valence-corrected chi connectivity index (χ3v) is 6.38. The second kappa shape index (κ2) is 9.92. The first-order valence-corrected chi connectivity index (χ1v) is 10.2. The molecule has 0 atom stereocenters. The van der Waals surface area contributed by atoms with Crippen molar-refractivity contribution in [3.8, 4) is 0 Å². The molecule has 0 nitrogen and oxygen atoms in total. The molecule has 0 bridgehead atoms. The van der Waals surface area contributed by atoms with Crippen molar-refractivity contribution in [1.29, 1.82) is 0 Å². The minimum Gasteiger partial charge on any atom is -0.268 e. The summed E-state index contributed by atoms with van der Waals surface area (Å²) in [4.78, 5) is 0. The van der Waals surface area contributed by atoms with Crippen molar-refractivity contribution in [2.45, 2.75) is 67.2 Å². The summed E-state index contributed by atoms with van der Waals surface area (Å²) in [5.74, 6) is 0. The number of rotatable bonds is 3. The van der Waals surface area contributed by atoms with Gasteiger partial charge in [-0.2, -0.15) is 33.4 Å². The van der Waals surface area contributed by atoms with Gasteiger partial charge in [-0.15, -0.1) is 18.1 Å². The summed E-state index contributed by atoms with van der Waals surface area (Å²) in [5.41, 5.74) is 11.7. The van der Waals surface area contributed by atoms with Crippen molar-refractivity contribution >= 4 is 16.3 Å². The van der Waals surface area contributed by atoms with Crippen molar-refractivity contribution in [2.75, 3.05) is 0 Å². The minimum atomic E-state index is 0. The number of allylic oxidation sites excluding steroid dienone is 2. The van der Waals surface area contributed by atoms with E-state index in [4.69, 9.17) is 0 Å². The van der Waals surface area contributed by atoms with Crippen LogP contribution in [0.2, 0.25) is 0 Å². The van der Waals surface area contributed by atoms with Crippen molar-refractivity contribution < 1.29 is 25.8 Å². The largest absolute Gasteiger partial charge is 0.268 e. The van der Waals surface area contributed by atoms with Gasteiger partial charge in [-0.05, 0) is 10.8 Å². The van der Waals surface area contributed by atoms with Gasteiger partial charge in [0.1, 0.15) is 0 Å². The van der Waals surface area contributed by atoms with Gasteiger partial charge in [0.2, 0.25) is 0 Å². The molecule has 1 aliphatic rings. The molecule has 28 heavy (non-hydrogen) atoms. The Morgan fingerprint density at radius 2 is 1.50 bits per heavy atom. The quantitative estimate of drug-likeness (QED) is 0.238. The SMILES string of the molecule is CCCCC1=[C-]Cc2cc3ccccc3cc21.Cc1c(C)c(C)[c-](C)c1C.[Hf]. The Morgan fingerprint density at radius 1 is 0.929 bits per heavy atom. The zero-order valence-corrected chi connectivity index (χ0v) is 21.9. The zero-order valence-electron chi connectivity index (χ0n) is 18.3. The van der Waals surface area contributed by atoms with Gasteiger partial charge in [0, 0.05) is 25.8 Å². The van der Waals surface area contributed by atoms with Gasteiger partial charge in [-0.3, -0.25) is 6.08 Å². The predicted octanol–water partition coefficient (Wildman–Crippen LogP) is 7.72. The first-order valence-electron chi connectivity index (χ1n) is 10.2. The summed E-state index contributed by atoms with van der Waals surface area (Å²) in [6.45, 7) is 13.2. The van der Waals surface area contributed by atoms with Crippen LogP contribution in [0.1, 0.15) is 65.1 Å². The number of unbranched alkanes of at least 4 members (excludes halogenated alkanes) is 1. The van der Waals surface area contributed by atoms with Crippen molar-refractivity contribution in [1.82, 2.24) is 0 Å². The fraction of sp³-hybridized carbons (Fsp3) is 0.370. The smallest absolute Gasteiger partial charge is 0 e. The Labute approximate surface area is 190 Å². The predicted molar refractivity (Wildman–Crippen MR) is 120 cm³/mol. The molecule has 0 N–H and O–H groups in total. The molecule has 146 valence electrons. The van der Waals surface area contributed by atoms with E-state index < -0.39 is 0 Å². The number of fused-ring (bicyclic) bond motifs is 2. The van der Waals surface area contributed by atoms with Crippen LogP contribution in [-0.4, -0.2) is 0 Å². The van der Waals surface area contributed by atoms with Crippen LogP contribution in [0.4, 0.5) is 0 Å². The Balaban J connectivity index is 0.000000221. The van der Waals surface area contributed by atoms with Crippen molar-refractivity contribution in [3.05, 3.63) is 81.4 Å². The van der Waals surface area contributed by atoms with Crippen LogP contribution in [0.3, 0.4) is 0 Å². The molecule has 0 radical (unpaired) electrons. The molecule has 1 heteroatoms. The van der Waals surface area contributed by atoms with E-state index in [1.54, 1.807) is 0 Å². The van der Waals surface area contributed by atoms with Gasteiger partial charge in [0.15, 0.2) is 0 Å². The van der Waals surface area contributed by atoms with E-state index in [0.29, 0.717) is 0 Å². The molecule has 0 fully saturated rings. The molecule has 0 saturated carbocycles. The van der Waals surface area contributed by atoms with Crippen LogP contribution in [0.5, 0.6) is 0 Å². The second-order valence-electron chi connectivity index (χ2n) is 7.92. The van der Waals surface area contributed by atoms with Gasteiger partial charge in [0.05, 0.1) is 0 Å². The molecule has 0 spiro atoms. The standard InChI is InChI=1S/C17H17.C10H15.Hf/c1-2-3-6-13-9-10-16-11-14-7-4-5-8-15(14)12-17(13)16;1-6-7(2)9(4)10(5)8(6)3;/h4-5,7-8,11-12H,2-3,6,10H2,1H3;1-5H3;/q2*-1;. The molecule has 0 aromatic heterocycles. The van der Waals surface area contributed by atoms with Gasteiger partial charge in [0.25, 0.3) is 0 Å². The van der Waals surface area contributed by atoms with E-state index in [-0.39, 0.29) is 25.8 Å². The maximum absolute atomic E-state index is 3.55. The fourth-order valence-corrected chi connectivity index (χ4v) is 3.99. The van der Waals surface area contributed by atoms with Gasteiger partial charge in [-0.1, -0.05) is 91.1 Å². The topological polar surface area (TPSA) is 0 Å². The molecule has 1 aliphatic carbocycles. The molecule has 0 amide bonds. The number of benzene rings is 2. The summed E-state index contributed by atoms with van der Waals surface area (Å²) in [6, 6.07) is 13.3. The van der Waals surface area contributed by atoms with Gasteiger partial charge in [-0.25, -0.2) is 5.57 Å². The van der Waals surface area contributed by atoms with Crippen molar-refractivity contribution in [2.24, 2.45) is 0 Å². The van der Waals surface area contributed by atoms with Gasteiger partial charge < -0.3 is 0 Å². The Kier molecular flexibility index (Phi) is 8.13. The molecule has 3 aromatic carbocycles. The molecule has 0 aliphatic heterocycles. The average Bonchev–Trinajstić information content (AvgIpc) is 3.15. The monoisotopic (exact) mass is 536 g/mol. The van der Waals surface area contributed by atoms with Crippen LogP contribution in [0, 0.1) is 40.7 Å². The molecule has 0 unspecified atom stereocenters. The van der Waals surface area contributed by atoms with Crippen LogP contribution in [0.25, 0.3) is 16.3 Å². The van der Waals surface area contributed by atoms with Crippen LogP contribution in [-0.2, 0) is 32.3 Å². The molecular weight excluding hydrogens is 503 g/mol. The van der Waals surface area contributed by atoms with Crippen LogP contribution >= 0.6 is 0 Å². The first kappa shape index (κ1) is 22.9. The van der Waals surface area contributed by atoms with E-state index in [0.717, 1.165) is 6.42 Å². The molecular formula is C27H32Hf-2. The van der Waals surface area contributed by atoms with Crippen LogP contribution in [0.15, 0.2) is 36.4 Å². The fourth-order valence-electron chi connectivity index (χ4n) is 3.99. The Morgan fingerprint density at radius 3 is 2.00 bits per heavy atom. The normalized spacial score (nSPS) is 12.1. The summed E-state index contributed by atoms with van der Waals surface area (Å²) in [5, 5.41) is 2.70. The van der Waals surface area contributed by atoms with E-state index in [9.17, 15) is 0 Å². The van der Waals surface area contributed by atoms with Crippen molar-refractivity contribution in [3.63, 3.8) is 0 Å². The van der Waals surface area contributed by atoms with Crippen LogP contribution < -0.4 is 0 Å². The summed E-state index contributed by atoms with van der Waals surface area (Å²) >= 11 is 0. The Hall–Kier alpha value is -1.34. The average molecular weight is 535 g/mol. The molecule has 3 aromatic rings. The second-order valence-corrected chi connectivity index (χ2v) is 7.92. The number of hydrogen-bond acceptors (Lipinski definition) is 0. The minimum absolute atomic E-state index is 0. The first-order chi connectivity index (χ1) is 12.9. The summed E-state index contributed by atoms with van der Waals surface area (Å²) < 4.78 is 0. The summed E-state index contributed by atoms with van der Waals surface area (Å²) in [7, 11) is 0. The zero-order chi connectivity index (χ0) is 19.6.